The van der Waals surface area contributed by atoms with Crippen molar-refractivity contribution in [2.45, 2.75) is 0 Å². The molecule has 1 aromatic rings. The van der Waals surface area contributed by atoms with E-state index in [-0.39, 0.29) is 12.5 Å². The summed E-state index contributed by atoms with van der Waals surface area (Å²) in [5.41, 5.74) is 0.519. The largest absolute Gasteiger partial charge is 0.481 e. The Kier molecular flexibility index (Phi) is 4.91. The number of hydrogen-bond donors (Lipinski definition) is 2. The van der Waals surface area contributed by atoms with Crippen molar-refractivity contribution in [3.63, 3.8) is 0 Å². The molecule has 0 atom stereocenters. The van der Waals surface area contributed by atoms with Crippen LogP contribution in [0, 0.1) is 0 Å². The number of carbonyl (C=O) groups excluding carboxylic acids is 2. The van der Waals surface area contributed by atoms with Gasteiger partial charge in [-0.05, 0) is 6.07 Å². The SMILES string of the molecule is COc1ccc(NC(=O)NCC(=O)N(C)C)cn1. The van der Waals surface area contributed by atoms with Crippen molar-refractivity contribution in [3.8, 4) is 5.88 Å². The lowest BCUT2D eigenvalue weighted by atomic mass is 10.4. The third-order valence-electron chi connectivity index (χ3n) is 2.10. The molecule has 1 aromatic heterocycles. The number of anilines is 1. The molecule has 0 aliphatic rings. The Morgan fingerprint density at radius 1 is 1.39 bits per heavy atom. The van der Waals surface area contributed by atoms with Crippen molar-refractivity contribution in [1.29, 1.82) is 0 Å². The number of pyridine rings is 1. The van der Waals surface area contributed by atoms with Crippen LogP contribution in [0.3, 0.4) is 0 Å². The Labute approximate surface area is 105 Å². The molecule has 7 nitrogen and oxygen atoms in total. The van der Waals surface area contributed by atoms with Crippen LogP contribution in [0.2, 0.25) is 0 Å². The molecule has 0 aromatic carbocycles. The molecule has 0 aliphatic carbocycles. The van der Waals surface area contributed by atoms with Crippen LogP contribution in [-0.4, -0.2) is 49.6 Å². The van der Waals surface area contributed by atoms with Crippen LogP contribution in [0.4, 0.5) is 10.5 Å². The minimum absolute atomic E-state index is 0.0532. The fourth-order valence-electron chi connectivity index (χ4n) is 1.06. The first-order valence-electron chi connectivity index (χ1n) is 5.28. The van der Waals surface area contributed by atoms with Crippen LogP contribution in [0.15, 0.2) is 18.3 Å². The maximum Gasteiger partial charge on any atom is 0.319 e. The summed E-state index contributed by atoms with van der Waals surface area (Å²) in [7, 11) is 4.75. The molecular formula is C11H16N4O3. The maximum atomic E-state index is 11.4. The quantitative estimate of drug-likeness (QED) is 0.807. The van der Waals surface area contributed by atoms with Gasteiger partial charge in [0, 0.05) is 20.2 Å². The number of urea groups is 1. The molecule has 98 valence electrons. The normalized spacial score (nSPS) is 9.50. The lowest BCUT2D eigenvalue weighted by Crippen LogP contribution is -2.38. The summed E-state index contributed by atoms with van der Waals surface area (Å²) in [6.45, 7) is -0.0532. The van der Waals surface area contributed by atoms with Gasteiger partial charge in [-0.1, -0.05) is 0 Å². The zero-order valence-electron chi connectivity index (χ0n) is 10.6. The first kappa shape index (κ1) is 13.8. The van der Waals surface area contributed by atoms with E-state index in [1.54, 1.807) is 26.2 Å². The molecule has 0 unspecified atom stereocenters. The van der Waals surface area contributed by atoms with Gasteiger partial charge in [0.15, 0.2) is 0 Å². The summed E-state index contributed by atoms with van der Waals surface area (Å²) in [6.07, 6.45) is 1.46. The highest BCUT2D eigenvalue weighted by Gasteiger charge is 2.07. The molecule has 1 rings (SSSR count). The van der Waals surface area contributed by atoms with Crippen molar-refractivity contribution >= 4 is 17.6 Å². The van der Waals surface area contributed by atoms with Gasteiger partial charge in [0.25, 0.3) is 0 Å². The number of likely N-dealkylation sites (N-methyl/N-ethyl adjacent to an activating group) is 1. The molecule has 0 aliphatic heterocycles. The monoisotopic (exact) mass is 252 g/mol. The molecule has 0 saturated heterocycles. The van der Waals surface area contributed by atoms with Crippen LogP contribution in [0.25, 0.3) is 0 Å². The average Bonchev–Trinajstić information content (AvgIpc) is 2.36. The molecule has 0 bridgehead atoms. The van der Waals surface area contributed by atoms with Crippen LogP contribution in [-0.2, 0) is 4.79 Å². The Hall–Kier alpha value is -2.31. The number of nitrogens with zero attached hydrogens (tertiary/aromatic N) is 2. The highest BCUT2D eigenvalue weighted by atomic mass is 16.5. The Balaban J connectivity index is 2.42. The van der Waals surface area contributed by atoms with Crippen LogP contribution < -0.4 is 15.4 Å². The Bertz CT molecular complexity index is 417. The third kappa shape index (κ3) is 4.28. The molecule has 0 spiro atoms. The number of aromatic nitrogens is 1. The van der Waals surface area contributed by atoms with Gasteiger partial charge in [-0.3, -0.25) is 4.79 Å². The second-order valence-corrected chi connectivity index (χ2v) is 3.69. The summed E-state index contributed by atoms with van der Waals surface area (Å²) in [5, 5.41) is 4.99. The summed E-state index contributed by atoms with van der Waals surface area (Å²) in [4.78, 5) is 28.0. The van der Waals surface area contributed by atoms with Gasteiger partial charge in [-0.15, -0.1) is 0 Å². The van der Waals surface area contributed by atoms with E-state index in [0.29, 0.717) is 11.6 Å². The van der Waals surface area contributed by atoms with E-state index < -0.39 is 6.03 Å². The molecule has 7 heteroatoms. The van der Waals surface area contributed by atoms with E-state index in [4.69, 9.17) is 4.74 Å². The molecule has 2 N–H and O–H groups in total. The summed E-state index contributed by atoms with van der Waals surface area (Å²) in [5.74, 6) is 0.279. The summed E-state index contributed by atoms with van der Waals surface area (Å²) >= 11 is 0. The molecule has 0 radical (unpaired) electrons. The first-order valence-corrected chi connectivity index (χ1v) is 5.28. The minimum atomic E-state index is -0.461. The number of rotatable bonds is 4. The lowest BCUT2D eigenvalue weighted by molar-refractivity contribution is -0.127. The van der Waals surface area contributed by atoms with Crippen LogP contribution in [0.1, 0.15) is 0 Å². The second kappa shape index (κ2) is 6.43. The number of nitrogens with one attached hydrogen (secondary N) is 2. The van der Waals surface area contributed by atoms with Crippen LogP contribution in [0.5, 0.6) is 5.88 Å². The number of methoxy groups -OCH3 is 1. The van der Waals surface area contributed by atoms with Gasteiger partial charge < -0.3 is 20.3 Å². The Morgan fingerprint density at radius 3 is 2.61 bits per heavy atom. The van der Waals surface area contributed by atoms with E-state index in [1.165, 1.54) is 18.2 Å². The van der Waals surface area contributed by atoms with Gasteiger partial charge in [-0.2, -0.15) is 0 Å². The maximum absolute atomic E-state index is 11.4. The van der Waals surface area contributed by atoms with Crippen molar-refractivity contribution in [2.75, 3.05) is 33.1 Å². The van der Waals surface area contributed by atoms with E-state index in [1.807, 2.05) is 0 Å². The van der Waals surface area contributed by atoms with Gasteiger partial charge in [0.1, 0.15) is 0 Å². The first-order chi connectivity index (χ1) is 8.52. The van der Waals surface area contributed by atoms with Gasteiger partial charge >= 0.3 is 6.03 Å². The molecule has 1 heterocycles. The van der Waals surface area contributed by atoms with Crippen molar-refractivity contribution in [1.82, 2.24) is 15.2 Å². The molecule has 0 fully saturated rings. The highest BCUT2D eigenvalue weighted by Crippen LogP contribution is 2.10. The van der Waals surface area contributed by atoms with Crippen molar-refractivity contribution in [2.24, 2.45) is 0 Å². The zero-order valence-corrected chi connectivity index (χ0v) is 10.6. The molecule has 18 heavy (non-hydrogen) atoms. The Morgan fingerprint density at radius 2 is 2.11 bits per heavy atom. The van der Waals surface area contributed by atoms with Gasteiger partial charge in [0.2, 0.25) is 11.8 Å². The predicted molar refractivity (Wildman–Crippen MR) is 66.5 cm³/mol. The van der Waals surface area contributed by atoms with E-state index in [0.717, 1.165) is 0 Å². The third-order valence-corrected chi connectivity index (χ3v) is 2.10. The zero-order chi connectivity index (χ0) is 13.5. The predicted octanol–water partition coefficient (Wildman–Crippen LogP) is 0.300. The lowest BCUT2D eigenvalue weighted by Gasteiger charge is -2.11. The molecular weight excluding hydrogens is 236 g/mol. The molecule has 3 amide bonds. The number of hydrogen-bond acceptors (Lipinski definition) is 4. The smallest absolute Gasteiger partial charge is 0.319 e. The van der Waals surface area contributed by atoms with E-state index >= 15 is 0 Å². The fraction of sp³-hybridized carbons (Fsp3) is 0.364. The molecule has 0 saturated carbocycles. The number of ether oxygens (including phenoxy) is 1. The van der Waals surface area contributed by atoms with Crippen LogP contribution >= 0.6 is 0 Å². The van der Waals surface area contributed by atoms with Gasteiger partial charge in [-0.25, -0.2) is 9.78 Å². The summed E-state index contributed by atoms with van der Waals surface area (Å²) < 4.78 is 4.89. The van der Waals surface area contributed by atoms with Crippen molar-refractivity contribution in [3.05, 3.63) is 18.3 Å². The highest BCUT2D eigenvalue weighted by molar-refractivity contribution is 5.92. The number of amides is 3. The van der Waals surface area contributed by atoms with E-state index in [2.05, 4.69) is 15.6 Å². The summed E-state index contributed by atoms with van der Waals surface area (Å²) in [6, 6.07) is 2.82. The van der Waals surface area contributed by atoms with E-state index in [9.17, 15) is 9.59 Å². The minimum Gasteiger partial charge on any atom is -0.481 e. The second-order valence-electron chi connectivity index (χ2n) is 3.69. The topological polar surface area (TPSA) is 83.6 Å². The van der Waals surface area contributed by atoms with Gasteiger partial charge in [0.05, 0.1) is 25.5 Å². The average molecular weight is 252 g/mol. The standard InChI is InChI=1S/C11H16N4O3/c1-15(2)10(16)7-13-11(17)14-8-4-5-9(18-3)12-6-8/h4-6H,7H2,1-3H3,(H2,13,14,17). The fourth-order valence-corrected chi connectivity index (χ4v) is 1.06. The van der Waals surface area contributed by atoms with Crippen molar-refractivity contribution < 1.29 is 14.3 Å². The number of carbonyl (C=O) groups is 2.